The molecule has 2 aromatic rings. The van der Waals surface area contributed by atoms with E-state index in [1.54, 1.807) is 43.3 Å². The lowest BCUT2D eigenvalue weighted by Crippen LogP contribution is -2.21. The Morgan fingerprint density at radius 3 is 2.57 bits per heavy atom. The maximum atomic E-state index is 11.9. The van der Waals surface area contributed by atoms with Crippen LogP contribution in [0.3, 0.4) is 0 Å². The molecule has 0 atom stereocenters. The van der Waals surface area contributed by atoms with E-state index in [4.69, 9.17) is 16.3 Å². The first kappa shape index (κ1) is 16.8. The Balaban J connectivity index is 2.01. The molecule has 0 unspecified atom stereocenters. The van der Waals surface area contributed by atoms with Crippen molar-refractivity contribution in [2.24, 2.45) is 5.10 Å². The highest BCUT2D eigenvalue weighted by atomic mass is 35.5. The molecule has 0 fully saturated rings. The molecular formula is C17H17ClN2O3. The monoisotopic (exact) mass is 332 g/mol. The fourth-order valence-corrected chi connectivity index (χ4v) is 2.10. The van der Waals surface area contributed by atoms with Crippen LogP contribution in [0.5, 0.6) is 11.5 Å². The van der Waals surface area contributed by atoms with Crippen molar-refractivity contribution in [1.82, 2.24) is 5.43 Å². The maximum absolute atomic E-state index is 11.9. The summed E-state index contributed by atoms with van der Waals surface area (Å²) in [6, 6.07) is 11.9. The smallest absolute Gasteiger partial charge is 0.244 e. The molecule has 1 amide bonds. The van der Waals surface area contributed by atoms with E-state index in [9.17, 15) is 9.90 Å². The predicted molar refractivity (Wildman–Crippen MR) is 90.2 cm³/mol. The molecule has 2 aromatic carbocycles. The van der Waals surface area contributed by atoms with Crippen LogP contribution in [0.1, 0.15) is 18.1 Å². The zero-order chi connectivity index (χ0) is 16.8. The average Bonchev–Trinajstić information content (AvgIpc) is 2.54. The van der Waals surface area contributed by atoms with Crippen molar-refractivity contribution in [3.63, 3.8) is 0 Å². The Kier molecular flexibility index (Phi) is 5.60. The number of carbonyl (C=O) groups excluding carboxylic acids is 1. The highest BCUT2D eigenvalue weighted by Gasteiger charge is 2.07. The Labute approximate surface area is 139 Å². The Hall–Kier alpha value is -2.53. The third kappa shape index (κ3) is 4.72. The first-order valence-corrected chi connectivity index (χ1v) is 7.32. The SMILES string of the molecule is COc1ccc(/C(C)=N/NC(=O)Cc2ccc(Cl)cc2)c(O)c1. The second-order valence-corrected chi connectivity index (χ2v) is 5.35. The number of phenols is 1. The van der Waals surface area contributed by atoms with Gasteiger partial charge in [0.2, 0.25) is 5.91 Å². The summed E-state index contributed by atoms with van der Waals surface area (Å²) in [5, 5.41) is 14.6. The van der Waals surface area contributed by atoms with Crippen molar-refractivity contribution in [1.29, 1.82) is 0 Å². The number of methoxy groups -OCH3 is 1. The van der Waals surface area contributed by atoms with Gasteiger partial charge < -0.3 is 9.84 Å². The summed E-state index contributed by atoms with van der Waals surface area (Å²) < 4.78 is 5.02. The van der Waals surface area contributed by atoms with E-state index in [0.29, 0.717) is 22.0 Å². The number of hydrogen-bond acceptors (Lipinski definition) is 4. The number of hydrogen-bond donors (Lipinski definition) is 2. The van der Waals surface area contributed by atoms with Crippen LogP contribution in [0.25, 0.3) is 0 Å². The van der Waals surface area contributed by atoms with E-state index in [1.165, 1.54) is 13.2 Å². The minimum atomic E-state index is -0.250. The van der Waals surface area contributed by atoms with Crippen molar-refractivity contribution in [3.8, 4) is 11.5 Å². The van der Waals surface area contributed by atoms with Gasteiger partial charge in [0.15, 0.2) is 0 Å². The molecule has 0 radical (unpaired) electrons. The molecule has 2 N–H and O–H groups in total. The minimum Gasteiger partial charge on any atom is -0.507 e. The molecule has 2 rings (SSSR count). The van der Waals surface area contributed by atoms with E-state index < -0.39 is 0 Å². The Morgan fingerprint density at radius 2 is 1.96 bits per heavy atom. The standard InChI is InChI=1S/C17H17ClN2O3/c1-11(15-8-7-14(23-2)10-16(15)21)19-20-17(22)9-12-3-5-13(18)6-4-12/h3-8,10,21H,9H2,1-2H3,(H,20,22)/b19-11+. The van der Waals surface area contributed by atoms with Crippen molar-refractivity contribution in [2.75, 3.05) is 7.11 Å². The molecule has 0 saturated heterocycles. The molecular weight excluding hydrogens is 316 g/mol. The highest BCUT2D eigenvalue weighted by Crippen LogP contribution is 2.23. The first-order valence-electron chi connectivity index (χ1n) is 6.94. The average molecular weight is 333 g/mol. The van der Waals surface area contributed by atoms with Gasteiger partial charge in [0.1, 0.15) is 11.5 Å². The van der Waals surface area contributed by atoms with Gasteiger partial charge in [-0.3, -0.25) is 4.79 Å². The number of amides is 1. The lowest BCUT2D eigenvalue weighted by Gasteiger charge is -2.07. The molecule has 0 saturated carbocycles. The van der Waals surface area contributed by atoms with Gasteiger partial charge in [-0.05, 0) is 36.8 Å². The number of halogens is 1. The number of nitrogens with one attached hydrogen (secondary N) is 1. The summed E-state index contributed by atoms with van der Waals surface area (Å²) in [5.74, 6) is 0.336. The molecule has 0 aliphatic rings. The fraction of sp³-hybridized carbons (Fsp3) is 0.176. The molecule has 0 aromatic heterocycles. The molecule has 6 heteroatoms. The topological polar surface area (TPSA) is 70.9 Å². The number of aromatic hydroxyl groups is 1. The number of rotatable bonds is 5. The van der Waals surface area contributed by atoms with Crippen molar-refractivity contribution < 1.29 is 14.6 Å². The van der Waals surface area contributed by atoms with Crippen LogP contribution < -0.4 is 10.2 Å². The van der Waals surface area contributed by atoms with Gasteiger partial charge in [-0.15, -0.1) is 0 Å². The van der Waals surface area contributed by atoms with Gasteiger partial charge in [-0.25, -0.2) is 5.43 Å². The van der Waals surface area contributed by atoms with Gasteiger partial charge in [-0.1, -0.05) is 23.7 Å². The van der Waals surface area contributed by atoms with E-state index in [0.717, 1.165) is 5.56 Å². The zero-order valence-corrected chi connectivity index (χ0v) is 13.6. The van der Waals surface area contributed by atoms with Gasteiger partial charge in [0.05, 0.1) is 19.2 Å². The predicted octanol–water partition coefficient (Wildman–Crippen LogP) is 3.14. The number of phenolic OH excluding ortho intramolecular Hbond substituents is 1. The largest absolute Gasteiger partial charge is 0.507 e. The Morgan fingerprint density at radius 1 is 1.26 bits per heavy atom. The van der Waals surface area contributed by atoms with Crippen LogP contribution in [0.2, 0.25) is 5.02 Å². The number of carbonyl (C=O) groups is 1. The van der Waals surface area contributed by atoms with E-state index in [2.05, 4.69) is 10.5 Å². The van der Waals surface area contributed by atoms with E-state index >= 15 is 0 Å². The molecule has 0 aliphatic carbocycles. The number of nitrogens with zero attached hydrogens (tertiary/aromatic N) is 1. The zero-order valence-electron chi connectivity index (χ0n) is 12.8. The third-order valence-electron chi connectivity index (χ3n) is 3.22. The summed E-state index contributed by atoms with van der Waals surface area (Å²) in [6.45, 7) is 1.70. The van der Waals surface area contributed by atoms with Crippen LogP contribution >= 0.6 is 11.6 Å². The van der Waals surface area contributed by atoms with Gasteiger partial charge >= 0.3 is 0 Å². The van der Waals surface area contributed by atoms with Crippen LogP contribution in [0.15, 0.2) is 47.6 Å². The molecule has 5 nitrogen and oxygen atoms in total. The molecule has 23 heavy (non-hydrogen) atoms. The molecule has 0 aliphatic heterocycles. The summed E-state index contributed by atoms with van der Waals surface area (Å²) >= 11 is 5.80. The number of benzene rings is 2. The van der Waals surface area contributed by atoms with Crippen molar-refractivity contribution in [2.45, 2.75) is 13.3 Å². The maximum Gasteiger partial charge on any atom is 0.244 e. The second kappa shape index (κ2) is 7.65. The first-order chi connectivity index (χ1) is 11.0. The van der Waals surface area contributed by atoms with Gasteiger partial charge in [-0.2, -0.15) is 5.10 Å². The number of ether oxygens (including phenoxy) is 1. The highest BCUT2D eigenvalue weighted by molar-refractivity contribution is 6.30. The summed E-state index contributed by atoms with van der Waals surface area (Å²) in [7, 11) is 1.52. The minimum absolute atomic E-state index is 0.0394. The molecule has 0 heterocycles. The fourth-order valence-electron chi connectivity index (χ4n) is 1.98. The molecule has 120 valence electrons. The summed E-state index contributed by atoms with van der Waals surface area (Å²) in [5.41, 5.74) is 4.33. The van der Waals surface area contributed by atoms with Crippen LogP contribution in [0, 0.1) is 0 Å². The summed E-state index contributed by atoms with van der Waals surface area (Å²) in [4.78, 5) is 11.9. The third-order valence-corrected chi connectivity index (χ3v) is 3.47. The lowest BCUT2D eigenvalue weighted by atomic mass is 10.1. The van der Waals surface area contributed by atoms with Crippen LogP contribution in [-0.4, -0.2) is 23.8 Å². The van der Waals surface area contributed by atoms with Crippen molar-refractivity contribution in [3.05, 3.63) is 58.6 Å². The lowest BCUT2D eigenvalue weighted by molar-refractivity contribution is -0.120. The normalized spacial score (nSPS) is 11.2. The van der Waals surface area contributed by atoms with Gasteiger partial charge in [0.25, 0.3) is 0 Å². The van der Waals surface area contributed by atoms with E-state index in [-0.39, 0.29) is 18.1 Å². The Bertz CT molecular complexity index is 727. The molecule has 0 bridgehead atoms. The number of hydrazone groups is 1. The second-order valence-electron chi connectivity index (χ2n) is 4.92. The van der Waals surface area contributed by atoms with Gasteiger partial charge in [0, 0.05) is 16.7 Å². The van der Waals surface area contributed by atoms with Crippen LogP contribution in [0.4, 0.5) is 0 Å². The quantitative estimate of drug-likeness (QED) is 0.652. The van der Waals surface area contributed by atoms with E-state index in [1.807, 2.05) is 0 Å². The van der Waals surface area contributed by atoms with Crippen LogP contribution in [-0.2, 0) is 11.2 Å². The van der Waals surface area contributed by atoms with Crippen molar-refractivity contribution >= 4 is 23.2 Å². The summed E-state index contributed by atoms with van der Waals surface area (Å²) in [6.07, 6.45) is 0.197. The molecule has 0 spiro atoms.